The molecule has 2 aliphatic heterocycles. The molecule has 2 heterocycles. The average molecular weight is 424 g/mol. The molecule has 2 unspecified atom stereocenters. The Bertz CT molecular complexity index is 851. The zero-order valence-electron chi connectivity index (χ0n) is 18.0. The zero-order valence-corrected chi connectivity index (χ0v) is 18.0. The summed E-state index contributed by atoms with van der Waals surface area (Å²) in [7, 11) is 0. The van der Waals surface area contributed by atoms with Gasteiger partial charge in [-0.3, -0.25) is 0 Å². The van der Waals surface area contributed by atoms with Crippen molar-refractivity contribution in [2.75, 3.05) is 26.4 Å². The minimum atomic E-state index is -0.952. The zero-order chi connectivity index (χ0) is 21.8. The van der Waals surface area contributed by atoms with E-state index in [1.54, 1.807) is 6.92 Å². The SMILES string of the molecule is C=C(C)C(=O)OC(CC)(c1ccc(OCC2CO2)cc1)c1ccc(OCC2CO2)cc1. The fourth-order valence-electron chi connectivity index (χ4n) is 3.36. The molecule has 0 saturated carbocycles. The second-order valence-corrected chi connectivity index (χ2v) is 7.93. The second-order valence-electron chi connectivity index (χ2n) is 7.93. The Morgan fingerprint density at radius 2 is 1.35 bits per heavy atom. The summed E-state index contributed by atoms with van der Waals surface area (Å²) in [4.78, 5) is 12.6. The standard InChI is InChI=1S/C25H28O6/c1-4-25(31-24(26)17(2)3,18-5-9-20(10-6-18)27-13-22-15-29-22)19-7-11-21(12-8-19)28-14-23-16-30-23/h5-12,22-23H,2,4,13-16H2,1,3H3. The van der Waals surface area contributed by atoms with Crippen LogP contribution in [0.4, 0.5) is 0 Å². The van der Waals surface area contributed by atoms with Crippen LogP contribution in [0.15, 0.2) is 60.7 Å². The normalized spacial score (nSPS) is 21.0. The molecule has 2 fully saturated rings. The maximum absolute atomic E-state index is 12.6. The van der Waals surface area contributed by atoms with E-state index < -0.39 is 11.6 Å². The summed E-state index contributed by atoms with van der Waals surface area (Å²) in [6, 6.07) is 15.3. The van der Waals surface area contributed by atoms with E-state index in [1.807, 2.05) is 55.5 Å². The highest BCUT2D eigenvalue weighted by Gasteiger charge is 2.37. The van der Waals surface area contributed by atoms with Gasteiger partial charge in [-0.15, -0.1) is 0 Å². The molecule has 2 atom stereocenters. The molecule has 0 spiro atoms. The van der Waals surface area contributed by atoms with E-state index in [-0.39, 0.29) is 12.2 Å². The van der Waals surface area contributed by atoms with Gasteiger partial charge >= 0.3 is 5.97 Å². The van der Waals surface area contributed by atoms with Crippen molar-refractivity contribution in [3.05, 3.63) is 71.8 Å². The first-order chi connectivity index (χ1) is 15.0. The molecule has 164 valence electrons. The smallest absolute Gasteiger partial charge is 0.334 e. The van der Waals surface area contributed by atoms with Crippen molar-refractivity contribution in [1.82, 2.24) is 0 Å². The van der Waals surface area contributed by atoms with Crippen LogP contribution < -0.4 is 9.47 Å². The highest BCUT2D eigenvalue weighted by molar-refractivity contribution is 5.87. The van der Waals surface area contributed by atoms with Crippen molar-refractivity contribution in [3.63, 3.8) is 0 Å². The highest BCUT2D eigenvalue weighted by Crippen LogP contribution is 2.39. The van der Waals surface area contributed by atoms with Crippen molar-refractivity contribution >= 4 is 5.97 Å². The van der Waals surface area contributed by atoms with E-state index >= 15 is 0 Å². The minimum absolute atomic E-state index is 0.193. The number of rotatable bonds is 11. The number of epoxide rings is 2. The molecule has 0 radical (unpaired) electrons. The second kappa shape index (κ2) is 9.12. The number of carbonyl (C=O) groups excluding carboxylic acids is 1. The molecule has 6 nitrogen and oxygen atoms in total. The maximum Gasteiger partial charge on any atom is 0.334 e. The summed E-state index contributed by atoms with van der Waals surface area (Å²) in [6.07, 6.45) is 0.939. The van der Waals surface area contributed by atoms with E-state index in [1.165, 1.54) is 0 Å². The molecule has 0 amide bonds. The van der Waals surface area contributed by atoms with Crippen molar-refractivity contribution < 1.29 is 28.5 Å². The predicted molar refractivity (Wildman–Crippen MR) is 115 cm³/mol. The van der Waals surface area contributed by atoms with Crippen molar-refractivity contribution in [2.45, 2.75) is 38.1 Å². The Morgan fingerprint density at radius 1 is 0.935 bits per heavy atom. The summed E-state index contributed by atoms with van der Waals surface area (Å²) in [6.45, 7) is 9.97. The van der Waals surface area contributed by atoms with Crippen molar-refractivity contribution in [1.29, 1.82) is 0 Å². The van der Waals surface area contributed by atoms with Gasteiger partial charge in [0.15, 0.2) is 5.60 Å². The first kappa shape index (κ1) is 21.4. The molecule has 2 aromatic rings. The third-order valence-electron chi connectivity index (χ3n) is 5.43. The van der Waals surface area contributed by atoms with Gasteiger partial charge in [0.05, 0.1) is 13.2 Å². The molecular weight excluding hydrogens is 396 g/mol. The number of benzene rings is 2. The van der Waals surface area contributed by atoms with Crippen molar-refractivity contribution in [3.8, 4) is 11.5 Å². The molecule has 2 aliphatic rings. The van der Waals surface area contributed by atoms with E-state index in [2.05, 4.69) is 6.58 Å². The lowest BCUT2D eigenvalue weighted by molar-refractivity contribution is -0.152. The van der Waals surface area contributed by atoms with Crippen LogP contribution in [-0.2, 0) is 24.6 Å². The summed E-state index contributed by atoms with van der Waals surface area (Å²) in [5.74, 6) is 1.07. The predicted octanol–water partition coefficient (Wildman–Crippen LogP) is 4.01. The molecule has 2 aromatic carbocycles. The average Bonchev–Trinajstić information content (AvgIpc) is 3.70. The van der Waals surface area contributed by atoms with Gasteiger partial charge in [0.1, 0.15) is 36.9 Å². The van der Waals surface area contributed by atoms with E-state index in [0.29, 0.717) is 25.2 Å². The lowest BCUT2D eigenvalue weighted by Gasteiger charge is -2.34. The van der Waals surface area contributed by atoms with Crippen LogP contribution in [0, 0.1) is 0 Å². The van der Waals surface area contributed by atoms with E-state index in [0.717, 1.165) is 35.8 Å². The summed E-state index contributed by atoms with van der Waals surface area (Å²) in [5, 5.41) is 0. The van der Waals surface area contributed by atoms with Crippen LogP contribution >= 0.6 is 0 Å². The van der Waals surface area contributed by atoms with Crippen LogP contribution in [0.5, 0.6) is 11.5 Å². The first-order valence-corrected chi connectivity index (χ1v) is 10.6. The van der Waals surface area contributed by atoms with Crippen LogP contribution in [0.3, 0.4) is 0 Å². The van der Waals surface area contributed by atoms with E-state index in [4.69, 9.17) is 23.7 Å². The maximum atomic E-state index is 12.6. The fourth-order valence-corrected chi connectivity index (χ4v) is 3.36. The molecule has 0 bridgehead atoms. The molecule has 31 heavy (non-hydrogen) atoms. The summed E-state index contributed by atoms with van der Waals surface area (Å²) in [5.41, 5.74) is 1.12. The first-order valence-electron chi connectivity index (χ1n) is 10.6. The molecule has 0 aliphatic carbocycles. The quantitative estimate of drug-likeness (QED) is 0.308. The number of hydrogen-bond donors (Lipinski definition) is 0. The Hall–Kier alpha value is -2.83. The van der Waals surface area contributed by atoms with Crippen LogP contribution in [0.2, 0.25) is 0 Å². The minimum Gasteiger partial charge on any atom is -0.491 e. The molecule has 0 N–H and O–H groups in total. The third-order valence-corrected chi connectivity index (χ3v) is 5.43. The highest BCUT2D eigenvalue weighted by atomic mass is 16.6. The van der Waals surface area contributed by atoms with Gasteiger partial charge in [-0.25, -0.2) is 4.79 Å². The number of hydrogen-bond acceptors (Lipinski definition) is 6. The molecule has 0 aromatic heterocycles. The van der Waals surface area contributed by atoms with E-state index in [9.17, 15) is 4.79 Å². The van der Waals surface area contributed by atoms with Gasteiger partial charge in [-0.05, 0) is 37.6 Å². The lowest BCUT2D eigenvalue weighted by Crippen LogP contribution is -2.33. The summed E-state index contributed by atoms with van der Waals surface area (Å²) < 4.78 is 27.9. The Labute approximate surface area is 182 Å². The van der Waals surface area contributed by atoms with Crippen LogP contribution in [0.25, 0.3) is 0 Å². The van der Waals surface area contributed by atoms with Crippen molar-refractivity contribution in [2.24, 2.45) is 0 Å². The third kappa shape index (κ3) is 5.27. The van der Waals surface area contributed by atoms with Crippen LogP contribution in [0.1, 0.15) is 31.4 Å². The molecule has 4 rings (SSSR count). The fraction of sp³-hybridized carbons (Fsp3) is 0.400. The van der Waals surface area contributed by atoms with Gasteiger partial charge in [-0.2, -0.15) is 0 Å². The number of ether oxygens (including phenoxy) is 5. The van der Waals surface area contributed by atoms with Gasteiger partial charge in [0.25, 0.3) is 0 Å². The van der Waals surface area contributed by atoms with Gasteiger partial charge in [-0.1, -0.05) is 37.8 Å². The Kier molecular flexibility index (Phi) is 6.30. The van der Waals surface area contributed by atoms with Gasteiger partial charge < -0.3 is 23.7 Å². The number of carbonyl (C=O) groups is 1. The molecule has 2 saturated heterocycles. The molecule has 6 heteroatoms. The van der Waals surface area contributed by atoms with Gasteiger partial charge in [0, 0.05) is 16.7 Å². The molecular formula is C25H28O6. The van der Waals surface area contributed by atoms with Gasteiger partial charge in [0.2, 0.25) is 0 Å². The monoisotopic (exact) mass is 424 g/mol. The van der Waals surface area contributed by atoms with Crippen LogP contribution in [-0.4, -0.2) is 44.6 Å². The largest absolute Gasteiger partial charge is 0.491 e. The number of esters is 1. The summed E-state index contributed by atoms with van der Waals surface area (Å²) >= 11 is 0. The topological polar surface area (TPSA) is 69.8 Å². The Balaban J connectivity index is 1.59. The Morgan fingerprint density at radius 3 is 1.68 bits per heavy atom. The lowest BCUT2D eigenvalue weighted by atomic mass is 9.83.